The van der Waals surface area contributed by atoms with Crippen LogP contribution >= 0.6 is 0 Å². The monoisotopic (exact) mass is 380 g/mol. The van der Waals surface area contributed by atoms with E-state index in [1.807, 2.05) is 72.9 Å². The number of nitrogens with one attached hydrogen (secondary N) is 2. The molecule has 5 heteroatoms. The van der Waals surface area contributed by atoms with Crippen molar-refractivity contribution in [1.82, 2.24) is 20.2 Å². The number of rotatable bonds is 5. The van der Waals surface area contributed by atoms with Crippen LogP contribution < -0.4 is 0 Å². The minimum atomic E-state index is -0.711. The Bertz CT molecular complexity index is 1260. The van der Waals surface area contributed by atoms with Gasteiger partial charge in [-0.1, -0.05) is 54.6 Å². The molecule has 3 N–H and O–H groups in total. The maximum Gasteiger partial charge on any atom is 0.181 e. The lowest BCUT2D eigenvalue weighted by atomic mass is 9.98. The number of fused-ring (bicyclic) bond motifs is 1. The van der Waals surface area contributed by atoms with E-state index in [1.165, 1.54) is 5.56 Å². The molecule has 0 aliphatic carbocycles. The summed E-state index contributed by atoms with van der Waals surface area (Å²) in [6, 6.07) is 25.9. The molecule has 1 atom stereocenters. The fourth-order valence-corrected chi connectivity index (χ4v) is 3.57. The highest BCUT2D eigenvalue weighted by atomic mass is 16.3. The molecule has 29 heavy (non-hydrogen) atoms. The number of aromatic nitrogens is 4. The SMILES string of the molecule is OC(c1cccc(-c2n[nH]c(Cc3ccccc3)n2)c1)c1ccc2[nH]ccc2c1. The van der Waals surface area contributed by atoms with Gasteiger partial charge in [0.15, 0.2) is 5.82 Å². The maximum atomic E-state index is 10.9. The topological polar surface area (TPSA) is 77.6 Å². The first kappa shape index (κ1) is 17.4. The summed E-state index contributed by atoms with van der Waals surface area (Å²) in [6.45, 7) is 0. The first-order chi connectivity index (χ1) is 14.3. The van der Waals surface area contributed by atoms with Gasteiger partial charge in [0, 0.05) is 23.7 Å². The molecular formula is C24H20N4O. The second-order valence-electron chi connectivity index (χ2n) is 7.12. The molecule has 1 unspecified atom stereocenters. The van der Waals surface area contributed by atoms with Gasteiger partial charge in [0.25, 0.3) is 0 Å². The van der Waals surface area contributed by atoms with Gasteiger partial charge in [-0.3, -0.25) is 5.10 Å². The van der Waals surface area contributed by atoms with Crippen molar-refractivity contribution in [3.8, 4) is 11.4 Å². The van der Waals surface area contributed by atoms with Crippen LogP contribution in [-0.2, 0) is 6.42 Å². The molecule has 2 heterocycles. The van der Waals surface area contributed by atoms with E-state index in [-0.39, 0.29) is 0 Å². The second kappa shape index (κ2) is 7.37. The fourth-order valence-electron chi connectivity index (χ4n) is 3.57. The summed E-state index contributed by atoms with van der Waals surface area (Å²) in [5.74, 6) is 1.45. The maximum absolute atomic E-state index is 10.9. The molecule has 0 saturated heterocycles. The standard InChI is InChI=1S/C24H20N4O/c29-23(19-9-10-21-17(14-19)11-12-25-21)18-7-4-8-20(15-18)24-26-22(27-28-24)13-16-5-2-1-3-6-16/h1-12,14-15,23,25,29H,13H2,(H,26,27,28). The second-order valence-corrected chi connectivity index (χ2v) is 7.12. The predicted molar refractivity (Wildman–Crippen MR) is 113 cm³/mol. The Balaban J connectivity index is 1.40. The predicted octanol–water partition coefficient (Wildman–Crippen LogP) is 4.63. The Hall–Kier alpha value is -3.70. The minimum Gasteiger partial charge on any atom is -0.384 e. The number of benzene rings is 3. The summed E-state index contributed by atoms with van der Waals surface area (Å²) in [7, 11) is 0. The molecule has 0 spiro atoms. The molecule has 5 nitrogen and oxygen atoms in total. The van der Waals surface area contributed by atoms with Gasteiger partial charge < -0.3 is 10.1 Å². The van der Waals surface area contributed by atoms with Crippen molar-refractivity contribution in [3.05, 3.63) is 108 Å². The van der Waals surface area contributed by atoms with E-state index in [0.29, 0.717) is 12.2 Å². The lowest BCUT2D eigenvalue weighted by molar-refractivity contribution is 0.220. The number of aliphatic hydroxyl groups excluding tert-OH is 1. The van der Waals surface area contributed by atoms with Crippen LogP contribution in [0.2, 0.25) is 0 Å². The Morgan fingerprint density at radius 3 is 2.62 bits per heavy atom. The van der Waals surface area contributed by atoms with Gasteiger partial charge in [0.1, 0.15) is 11.9 Å². The lowest BCUT2D eigenvalue weighted by Gasteiger charge is -2.12. The van der Waals surface area contributed by atoms with E-state index in [1.54, 1.807) is 0 Å². The van der Waals surface area contributed by atoms with Gasteiger partial charge in [0.05, 0.1) is 0 Å². The molecule has 0 aliphatic heterocycles. The van der Waals surface area contributed by atoms with Gasteiger partial charge in [-0.05, 0) is 46.3 Å². The van der Waals surface area contributed by atoms with E-state index in [9.17, 15) is 5.11 Å². The molecule has 0 aliphatic rings. The van der Waals surface area contributed by atoms with Crippen LogP contribution in [0.15, 0.2) is 85.1 Å². The molecule has 5 rings (SSSR count). The normalized spacial score (nSPS) is 12.3. The van der Waals surface area contributed by atoms with Crippen molar-refractivity contribution in [2.75, 3.05) is 0 Å². The number of hydrogen-bond donors (Lipinski definition) is 3. The summed E-state index contributed by atoms with van der Waals surface area (Å²) in [5, 5.41) is 19.4. The van der Waals surface area contributed by atoms with Gasteiger partial charge in [-0.15, -0.1) is 0 Å². The average Bonchev–Trinajstić information content (AvgIpc) is 3.43. The van der Waals surface area contributed by atoms with E-state index >= 15 is 0 Å². The summed E-state index contributed by atoms with van der Waals surface area (Å²) >= 11 is 0. The minimum absolute atomic E-state index is 0.631. The van der Waals surface area contributed by atoms with Crippen molar-refractivity contribution in [3.63, 3.8) is 0 Å². The Morgan fingerprint density at radius 1 is 0.862 bits per heavy atom. The highest BCUT2D eigenvalue weighted by Gasteiger charge is 2.14. The molecule has 0 bridgehead atoms. The number of hydrogen-bond acceptors (Lipinski definition) is 3. The summed E-state index contributed by atoms with van der Waals surface area (Å²) in [4.78, 5) is 7.80. The Labute approximate surface area is 168 Å². The highest BCUT2D eigenvalue weighted by Crippen LogP contribution is 2.27. The Morgan fingerprint density at radius 2 is 1.72 bits per heavy atom. The van der Waals surface area contributed by atoms with E-state index in [4.69, 9.17) is 0 Å². The van der Waals surface area contributed by atoms with Crippen LogP contribution in [0.3, 0.4) is 0 Å². The van der Waals surface area contributed by atoms with Crippen LogP contribution in [0.25, 0.3) is 22.3 Å². The number of aromatic amines is 2. The van der Waals surface area contributed by atoms with E-state index < -0.39 is 6.10 Å². The fraction of sp³-hybridized carbons (Fsp3) is 0.0833. The molecule has 0 radical (unpaired) electrons. The molecule has 2 aromatic heterocycles. The zero-order chi connectivity index (χ0) is 19.6. The van der Waals surface area contributed by atoms with Crippen molar-refractivity contribution in [2.24, 2.45) is 0 Å². The zero-order valence-electron chi connectivity index (χ0n) is 15.7. The first-order valence-electron chi connectivity index (χ1n) is 9.57. The third-order valence-corrected chi connectivity index (χ3v) is 5.10. The molecule has 0 amide bonds. The lowest BCUT2D eigenvalue weighted by Crippen LogP contribution is -2.00. The third kappa shape index (κ3) is 3.56. The smallest absolute Gasteiger partial charge is 0.181 e. The van der Waals surface area contributed by atoms with E-state index in [2.05, 4.69) is 32.3 Å². The highest BCUT2D eigenvalue weighted by molar-refractivity contribution is 5.80. The first-order valence-corrected chi connectivity index (χ1v) is 9.57. The van der Waals surface area contributed by atoms with Crippen molar-refractivity contribution < 1.29 is 5.11 Å². The Kier molecular flexibility index (Phi) is 4.42. The average molecular weight is 380 g/mol. The van der Waals surface area contributed by atoms with Gasteiger partial charge in [-0.2, -0.15) is 5.10 Å². The quantitative estimate of drug-likeness (QED) is 0.416. The van der Waals surface area contributed by atoms with Gasteiger partial charge >= 0.3 is 0 Å². The van der Waals surface area contributed by atoms with Crippen molar-refractivity contribution in [2.45, 2.75) is 12.5 Å². The van der Waals surface area contributed by atoms with E-state index in [0.717, 1.165) is 33.4 Å². The van der Waals surface area contributed by atoms with Gasteiger partial charge in [0.2, 0.25) is 0 Å². The van der Waals surface area contributed by atoms with Crippen LogP contribution in [0.1, 0.15) is 28.6 Å². The molecule has 3 aromatic carbocycles. The molecule has 5 aromatic rings. The summed E-state index contributed by atoms with van der Waals surface area (Å²) in [5.41, 5.74) is 4.78. The van der Waals surface area contributed by atoms with Crippen LogP contribution in [0, 0.1) is 0 Å². The molecule has 0 saturated carbocycles. The number of H-pyrrole nitrogens is 2. The van der Waals surface area contributed by atoms with Crippen LogP contribution in [0.4, 0.5) is 0 Å². The zero-order valence-corrected chi connectivity index (χ0v) is 15.7. The summed E-state index contributed by atoms with van der Waals surface area (Å²) in [6.07, 6.45) is 1.89. The third-order valence-electron chi connectivity index (χ3n) is 5.10. The number of nitrogens with zero attached hydrogens (tertiary/aromatic N) is 2. The number of aliphatic hydroxyl groups is 1. The van der Waals surface area contributed by atoms with Crippen LogP contribution in [0.5, 0.6) is 0 Å². The van der Waals surface area contributed by atoms with Crippen molar-refractivity contribution >= 4 is 10.9 Å². The molecule has 0 fully saturated rings. The molecular weight excluding hydrogens is 360 g/mol. The van der Waals surface area contributed by atoms with Crippen LogP contribution in [-0.4, -0.2) is 25.3 Å². The van der Waals surface area contributed by atoms with Gasteiger partial charge in [-0.25, -0.2) is 4.98 Å². The summed E-state index contributed by atoms with van der Waals surface area (Å²) < 4.78 is 0. The van der Waals surface area contributed by atoms with Crippen molar-refractivity contribution in [1.29, 1.82) is 0 Å². The molecule has 142 valence electrons. The largest absolute Gasteiger partial charge is 0.384 e.